The third kappa shape index (κ3) is 2.31. The smallest absolute Gasteiger partial charge is 0.320 e. The Bertz CT molecular complexity index is 691. The second-order valence-electron chi connectivity index (χ2n) is 4.78. The van der Waals surface area contributed by atoms with E-state index in [1.165, 1.54) is 12.3 Å². The van der Waals surface area contributed by atoms with Gasteiger partial charge < -0.3 is 5.73 Å². The molecule has 0 unspecified atom stereocenters. The van der Waals surface area contributed by atoms with Crippen molar-refractivity contribution in [1.29, 1.82) is 0 Å². The number of amides is 2. The fourth-order valence-corrected chi connectivity index (χ4v) is 2.34. The van der Waals surface area contributed by atoms with Gasteiger partial charge in [0.1, 0.15) is 5.82 Å². The lowest BCUT2D eigenvalue weighted by Crippen LogP contribution is -2.43. The first-order valence-corrected chi connectivity index (χ1v) is 6.35. The molecule has 0 fully saturated rings. The first-order chi connectivity index (χ1) is 9.99. The molecule has 0 radical (unpaired) electrons. The highest BCUT2D eigenvalue weighted by molar-refractivity contribution is 5.91. The van der Waals surface area contributed by atoms with E-state index in [4.69, 9.17) is 5.73 Å². The molecule has 3 rings (SSSR count). The van der Waals surface area contributed by atoms with Crippen LogP contribution in [0.2, 0.25) is 0 Å². The molecule has 5 nitrogen and oxygen atoms in total. The first kappa shape index (κ1) is 13.4. The third-order valence-electron chi connectivity index (χ3n) is 3.43. The summed E-state index contributed by atoms with van der Waals surface area (Å²) in [6.07, 6.45) is 4.13. The molecule has 0 atom stereocenters. The first-order valence-electron chi connectivity index (χ1n) is 6.35. The maximum atomic E-state index is 14.1. The monoisotopic (exact) mass is 290 g/mol. The molecule has 1 aliphatic rings. The zero-order chi connectivity index (χ0) is 15.0. The molecule has 3 heterocycles. The van der Waals surface area contributed by atoms with Gasteiger partial charge in [-0.15, -0.1) is 0 Å². The number of aromatic nitrogens is 2. The molecule has 2 N–H and O–H groups in total. The molecule has 0 aliphatic carbocycles. The summed E-state index contributed by atoms with van der Waals surface area (Å²) in [5.74, 6) is -3.11. The summed E-state index contributed by atoms with van der Waals surface area (Å²) >= 11 is 0. The van der Waals surface area contributed by atoms with Crippen LogP contribution in [0, 0.1) is 0 Å². The molecule has 21 heavy (non-hydrogen) atoms. The van der Waals surface area contributed by atoms with E-state index in [9.17, 15) is 13.6 Å². The molecule has 7 heteroatoms. The minimum Gasteiger partial charge on any atom is -0.351 e. The van der Waals surface area contributed by atoms with Crippen molar-refractivity contribution in [2.45, 2.75) is 12.3 Å². The van der Waals surface area contributed by atoms with Gasteiger partial charge in [0.05, 0.1) is 5.56 Å². The van der Waals surface area contributed by atoms with Gasteiger partial charge in [0, 0.05) is 42.7 Å². The van der Waals surface area contributed by atoms with Crippen LogP contribution in [0.15, 0.2) is 36.8 Å². The van der Waals surface area contributed by atoms with Crippen LogP contribution in [-0.2, 0) is 5.92 Å². The fourth-order valence-electron chi connectivity index (χ4n) is 2.34. The summed E-state index contributed by atoms with van der Waals surface area (Å²) in [6.45, 7) is -0.144. The second-order valence-corrected chi connectivity index (χ2v) is 4.78. The van der Waals surface area contributed by atoms with Crippen LogP contribution in [0.25, 0.3) is 11.1 Å². The van der Waals surface area contributed by atoms with Crippen LogP contribution in [0.5, 0.6) is 0 Å². The Morgan fingerprint density at radius 2 is 2.14 bits per heavy atom. The number of hydrogen-bond donors (Lipinski definition) is 1. The van der Waals surface area contributed by atoms with Crippen molar-refractivity contribution >= 4 is 11.8 Å². The zero-order valence-corrected chi connectivity index (χ0v) is 11.0. The molecule has 2 aromatic heterocycles. The Morgan fingerprint density at radius 3 is 2.81 bits per heavy atom. The Labute approximate surface area is 119 Å². The number of anilines is 1. The van der Waals surface area contributed by atoms with Crippen molar-refractivity contribution in [2.24, 2.45) is 5.73 Å². The molecule has 0 bridgehead atoms. The van der Waals surface area contributed by atoms with E-state index in [0.717, 1.165) is 4.90 Å². The van der Waals surface area contributed by atoms with Gasteiger partial charge in [-0.05, 0) is 12.1 Å². The highest BCUT2D eigenvalue weighted by Gasteiger charge is 2.42. The van der Waals surface area contributed by atoms with Crippen LogP contribution in [0.3, 0.4) is 0 Å². The number of hydrogen-bond acceptors (Lipinski definition) is 3. The van der Waals surface area contributed by atoms with E-state index in [1.807, 2.05) is 0 Å². The minimum atomic E-state index is -3.04. The standard InChI is InChI=1S/C14H12F2N4O/c15-14(16)3-5-20(13(17)21)12-11(14)6-10(8-19-12)9-2-1-4-18-7-9/h1-2,4,6-8H,3,5H2,(H2,17,21). The number of alkyl halides is 2. The fraction of sp³-hybridized carbons (Fsp3) is 0.214. The number of nitrogens with two attached hydrogens (primary N) is 1. The van der Waals surface area contributed by atoms with Gasteiger partial charge in [0.15, 0.2) is 0 Å². The number of carbonyl (C=O) groups is 1. The van der Waals surface area contributed by atoms with Gasteiger partial charge in [-0.25, -0.2) is 18.6 Å². The molecule has 0 saturated carbocycles. The maximum absolute atomic E-state index is 14.1. The van der Waals surface area contributed by atoms with Crippen molar-refractivity contribution < 1.29 is 13.6 Å². The van der Waals surface area contributed by atoms with Crippen molar-refractivity contribution in [2.75, 3.05) is 11.4 Å². The third-order valence-corrected chi connectivity index (χ3v) is 3.43. The van der Waals surface area contributed by atoms with Crippen molar-refractivity contribution in [1.82, 2.24) is 9.97 Å². The normalized spacial score (nSPS) is 16.4. The molecule has 0 aromatic carbocycles. The van der Waals surface area contributed by atoms with Crippen molar-refractivity contribution in [3.63, 3.8) is 0 Å². The summed E-state index contributed by atoms with van der Waals surface area (Å²) in [4.78, 5) is 20.4. The summed E-state index contributed by atoms with van der Waals surface area (Å²) in [5, 5.41) is 0. The molecular weight excluding hydrogens is 278 g/mol. The number of halogens is 2. The topological polar surface area (TPSA) is 72.1 Å². The minimum absolute atomic E-state index is 0.0774. The van der Waals surface area contributed by atoms with E-state index >= 15 is 0 Å². The molecule has 1 aliphatic heterocycles. The highest BCUT2D eigenvalue weighted by Crippen LogP contribution is 2.42. The van der Waals surface area contributed by atoms with Gasteiger partial charge in [0.2, 0.25) is 0 Å². The predicted octanol–water partition coefficient (Wildman–Crippen LogP) is 2.52. The van der Waals surface area contributed by atoms with E-state index in [1.54, 1.807) is 24.5 Å². The largest absolute Gasteiger partial charge is 0.351 e. The van der Waals surface area contributed by atoms with Gasteiger partial charge in [-0.1, -0.05) is 6.07 Å². The molecule has 0 spiro atoms. The average molecular weight is 290 g/mol. The van der Waals surface area contributed by atoms with E-state index in [-0.39, 0.29) is 17.9 Å². The van der Waals surface area contributed by atoms with Gasteiger partial charge in [0.25, 0.3) is 5.92 Å². The van der Waals surface area contributed by atoms with Crippen molar-refractivity contribution in [3.05, 3.63) is 42.4 Å². The van der Waals surface area contributed by atoms with E-state index in [2.05, 4.69) is 9.97 Å². The SMILES string of the molecule is NC(=O)N1CCC(F)(F)c2cc(-c3cccnc3)cnc21. The summed E-state index contributed by atoms with van der Waals surface area (Å²) < 4.78 is 28.2. The van der Waals surface area contributed by atoms with Crippen LogP contribution < -0.4 is 10.6 Å². The quantitative estimate of drug-likeness (QED) is 0.877. The Morgan fingerprint density at radius 1 is 1.33 bits per heavy atom. The maximum Gasteiger partial charge on any atom is 0.320 e. The molecule has 108 valence electrons. The van der Waals surface area contributed by atoms with Crippen LogP contribution in [0.4, 0.5) is 19.4 Å². The number of nitrogens with zero attached hydrogens (tertiary/aromatic N) is 3. The lowest BCUT2D eigenvalue weighted by molar-refractivity contribution is -0.0146. The lowest BCUT2D eigenvalue weighted by Gasteiger charge is -2.32. The van der Waals surface area contributed by atoms with Gasteiger partial charge in [-0.2, -0.15) is 0 Å². The predicted molar refractivity (Wildman–Crippen MR) is 72.9 cm³/mol. The number of rotatable bonds is 1. The summed E-state index contributed by atoms with van der Waals surface area (Å²) in [6, 6.07) is 4.02. The van der Waals surface area contributed by atoms with E-state index in [0.29, 0.717) is 11.1 Å². The molecule has 2 aromatic rings. The molecular formula is C14H12F2N4O. The molecule has 0 saturated heterocycles. The number of urea groups is 1. The van der Waals surface area contributed by atoms with Crippen LogP contribution in [-0.4, -0.2) is 22.5 Å². The Balaban J connectivity index is 2.13. The Hall–Kier alpha value is -2.57. The number of fused-ring (bicyclic) bond motifs is 1. The molecule has 2 amide bonds. The van der Waals surface area contributed by atoms with Crippen LogP contribution >= 0.6 is 0 Å². The van der Waals surface area contributed by atoms with Gasteiger partial charge in [-0.3, -0.25) is 9.88 Å². The summed E-state index contributed by atoms with van der Waals surface area (Å²) in [5.41, 5.74) is 6.13. The average Bonchev–Trinajstić information content (AvgIpc) is 2.47. The number of carbonyl (C=O) groups excluding carboxylic acids is 1. The number of pyridine rings is 2. The van der Waals surface area contributed by atoms with E-state index < -0.39 is 18.4 Å². The zero-order valence-electron chi connectivity index (χ0n) is 11.0. The highest BCUT2D eigenvalue weighted by atomic mass is 19.3. The lowest BCUT2D eigenvalue weighted by atomic mass is 9.98. The second kappa shape index (κ2) is 4.76. The van der Waals surface area contributed by atoms with Crippen molar-refractivity contribution in [3.8, 4) is 11.1 Å². The van der Waals surface area contributed by atoms with Gasteiger partial charge >= 0.3 is 6.03 Å². The van der Waals surface area contributed by atoms with Crippen LogP contribution in [0.1, 0.15) is 12.0 Å². The summed E-state index contributed by atoms with van der Waals surface area (Å²) in [7, 11) is 0. The number of primary amides is 1. The Kier molecular flexibility index (Phi) is 3.04.